The number of thiophene rings is 1. The van der Waals surface area contributed by atoms with Gasteiger partial charge in [0.2, 0.25) is 0 Å². The lowest BCUT2D eigenvalue weighted by Gasteiger charge is -2.09. The summed E-state index contributed by atoms with van der Waals surface area (Å²) in [6, 6.07) is 14.7. The van der Waals surface area contributed by atoms with E-state index >= 15 is 0 Å². The molecule has 5 aromatic rings. The highest BCUT2D eigenvalue weighted by atomic mass is 32.2. The number of rotatable bonds is 5. The number of aromatic nitrogens is 2. The van der Waals surface area contributed by atoms with Crippen LogP contribution in [0.25, 0.3) is 33.3 Å². The van der Waals surface area contributed by atoms with Crippen LogP contribution in [-0.4, -0.2) is 24.5 Å². The van der Waals surface area contributed by atoms with Crippen LogP contribution in [0.15, 0.2) is 82.6 Å². The average molecular weight is 479 g/mol. The summed E-state index contributed by atoms with van der Waals surface area (Å²) in [4.78, 5) is 4.61. The van der Waals surface area contributed by atoms with E-state index in [1.54, 1.807) is 54.1 Å². The van der Waals surface area contributed by atoms with Crippen LogP contribution in [0.3, 0.4) is 0 Å². The minimum absolute atomic E-state index is 0.158. The van der Waals surface area contributed by atoms with Gasteiger partial charge < -0.3 is 4.74 Å². The zero-order chi connectivity index (χ0) is 23.2. The van der Waals surface area contributed by atoms with Crippen molar-refractivity contribution in [3.8, 4) is 28.0 Å². The van der Waals surface area contributed by atoms with Crippen LogP contribution in [0.1, 0.15) is 5.56 Å². The van der Waals surface area contributed by atoms with E-state index in [9.17, 15) is 12.8 Å². The van der Waals surface area contributed by atoms with Crippen molar-refractivity contribution in [3.63, 3.8) is 0 Å². The molecule has 5 rings (SSSR count). The minimum Gasteiger partial charge on any atom is -0.496 e. The van der Waals surface area contributed by atoms with Crippen LogP contribution < -0.4 is 4.74 Å². The molecule has 0 amide bonds. The van der Waals surface area contributed by atoms with Crippen LogP contribution in [0.5, 0.6) is 5.75 Å². The Morgan fingerprint density at radius 2 is 1.79 bits per heavy atom. The van der Waals surface area contributed by atoms with E-state index in [2.05, 4.69) is 4.98 Å². The molecule has 33 heavy (non-hydrogen) atoms. The van der Waals surface area contributed by atoms with E-state index in [-0.39, 0.29) is 4.90 Å². The highest BCUT2D eigenvalue weighted by Gasteiger charge is 2.26. The minimum atomic E-state index is -3.94. The van der Waals surface area contributed by atoms with Gasteiger partial charge >= 0.3 is 0 Å². The molecule has 2 aromatic carbocycles. The Hall–Kier alpha value is -3.49. The van der Waals surface area contributed by atoms with Gasteiger partial charge in [0.25, 0.3) is 10.0 Å². The molecule has 0 aliphatic heterocycles. The molecule has 0 unspecified atom stereocenters. The number of fused-ring (bicyclic) bond motifs is 1. The van der Waals surface area contributed by atoms with E-state index in [1.807, 2.05) is 29.8 Å². The summed E-state index contributed by atoms with van der Waals surface area (Å²) in [5.74, 6) is -0.135. The summed E-state index contributed by atoms with van der Waals surface area (Å²) < 4.78 is 47.8. The molecule has 8 heteroatoms. The Balaban J connectivity index is 1.87. The van der Waals surface area contributed by atoms with Gasteiger partial charge in [-0.25, -0.2) is 21.8 Å². The average Bonchev–Trinajstić information content (AvgIpc) is 3.48. The Morgan fingerprint density at radius 1 is 1.00 bits per heavy atom. The van der Waals surface area contributed by atoms with Gasteiger partial charge in [0.15, 0.2) is 5.65 Å². The highest BCUT2D eigenvalue weighted by molar-refractivity contribution is 7.90. The molecule has 0 saturated carbocycles. The molecule has 0 N–H and O–H groups in total. The third kappa shape index (κ3) is 3.61. The number of hydrogen-bond acceptors (Lipinski definition) is 5. The lowest BCUT2D eigenvalue weighted by Crippen LogP contribution is -2.12. The molecule has 0 fully saturated rings. The molecule has 0 aliphatic carbocycles. The fourth-order valence-corrected chi connectivity index (χ4v) is 5.86. The van der Waals surface area contributed by atoms with Gasteiger partial charge in [0.05, 0.1) is 12.0 Å². The Morgan fingerprint density at radius 3 is 2.48 bits per heavy atom. The molecule has 0 spiro atoms. The van der Waals surface area contributed by atoms with Crippen LogP contribution in [-0.2, 0) is 10.0 Å². The number of halogens is 1. The fraction of sp³-hybridized carbons (Fsp3) is 0.0800. The summed E-state index contributed by atoms with van der Waals surface area (Å²) in [5, 5.41) is 4.60. The summed E-state index contributed by atoms with van der Waals surface area (Å²) in [7, 11) is -2.48. The fourth-order valence-electron chi connectivity index (χ4n) is 3.88. The zero-order valence-corrected chi connectivity index (χ0v) is 19.5. The van der Waals surface area contributed by atoms with E-state index in [0.29, 0.717) is 27.9 Å². The van der Waals surface area contributed by atoms with E-state index < -0.39 is 15.8 Å². The van der Waals surface area contributed by atoms with Crippen molar-refractivity contribution in [1.29, 1.82) is 0 Å². The standard InChI is InChI=1S/C25H19FN2O3S2/c1-16-3-6-19(7-4-16)33(29,30)28-14-22(21-8-5-18(26)13-23(21)31-2)24-20(9-11-27-25(24)28)17-10-12-32-15-17/h3-15H,1-2H3. The number of pyridine rings is 1. The highest BCUT2D eigenvalue weighted by Crippen LogP contribution is 2.42. The van der Waals surface area contributed by atoms with Crippen LogP contribution >= 0.6 is 11.3 Å². The number of ether oxygens (including phenoxy) is 1. The van der Waals surface area contributed by atoms with Gasteiger partial charge in [-0.15, -0.1) is 0 Å². The number of aryl methyl sites for hydroxylation is 1. The molecule has 0 bridgehead atoms. The van der Waals surface area contributed by atoms with Gasteiger partial charge in [-0.05, 0) is 65.2 Å². The van der Waals surface area contributed by atoms with Crippen LogP contribution in [0, 0.1) is 12.7 Å². The monoisotopic (exact) mass is 478 g/mol. The summed E-state index contributed by atoms with van der Waals surface area (Å²) in [6.45, 7) is 1.90. The van der Waals surface area contributed by atoms with Crippen molar-refractivity contribution in [2.45, 2.75) is 11.8 Å². The summed E-state index contributed by atoms with van der Waals surface area (Å²) in [5.41, 5.74) is 4.19. The van der Waals surface area contributed by atoms with E-state index in [0.717, 1.165) is 16.7 Å². The van der Waals surface area contributed by atoms with Crippen LogP contribution in [0.4, 0.5) is 4.39 Å². The smallest absolute Gasteiger partial charge is 0.269 e. The van der Waals surface area contributed by atoms with E-state index in [4.69, 9.17) is 4.74 Å². The van der Waals surface area contributed by atoms with Gasteiger partial charge in [-0.2, -0.15) is 11.3 Å². The first kappa shape index (κ1) is 21.4. The Bertz CT molecular complexity index is 1570. The molecule has 166 valence electrons. The zero-order valence-electron chi connectivity index (χ0n) is 17.8. The van der Waals surface area contributed by atoms with E-state index in [1.165, 1.54) is 23.2 Å². The van der Waals surface area contributed by atoms with Gasteiger partial charge in [-0.1, -0.05) is 17.7 Å². The molecular formula is C25H19FN2O3S2. The Kier molecular flexibility index (Phi) is 5.26. The molecule has 0 saturated heterocycles. The second-order valence-corrected chi connectivity index (χ2v) is 10.2. The molecule has 3 heterocycles. The summed E-state index contributed by atoms with van der Waals surface area (Å²) in [6.07, 6.45) is 3.14. The normalized spacial score (nSPS) is 11.7. The largest absolute Gasteiger partial charge is 0.496 e. The molecule has 0 radical (unpaired) electrons. The predicted molar refractivity (Wildman–Crippen MR) is 129 cm³/mol. The van der Waals surface area contributed by atoms with Crippen molar-refractivity contribution in [3.05, 3.63) is 89.1 Å². The lowest BCUT2D eigenvalue weighted by atomic mass is 9.99. The second-order valence-electron chi connectivity index (χ2n) is 7.57. The van der Waals surface area contributed by atoms with Crippen molar-refractivity contribution in [2.75, 3.05) is 7.11 Å². The number of nitrogens with zero attached hydrogens (tertiary/aromatic N) is 2. The van der Waals surface area contributed by atoms with Crippen LogP contribution in [0.2, 0.25) is 0 Å². The molecule has 3 aromatic heterocycles. The Labute approximate surface area is 194 Å². The number of benzene rings is 2. The molecule has 5 nitrogen and oxygen atoms in total. The maximum atomic E-state index is 13.9. The van der Waals surface area contributed by atoms with Gasteiger partial charge in [0, 0.05) is 35.0 Å². The number of hydrogen-bond donors (Lipinski definition) is 0. The lowest BCUT2D eigenvalue weighted by molar-refractivity contribution is 0.413. The van der Waals surface area contributed by atoms with Crippen molar-refractivity contribution >= 4 is 32.4 Å². The maximum absolute atomic E-state index is 13.9. The third-order valence-corrected chi connectivity index (χ3v) is 7.87. The topological polar surface area (TPSA) is 61.2 Å². The molecule has 0 aliphatic rings. The number of methoxy groups -OCH3 is 1. The van der Waals surface area contributed by atoms with Gasteiger partial charge in [0.1, 0.15) is 11.6 Å². The maximum Gasteiger partial charge on any atom is 0.269 e. The second kappa shape index (κ2) is 8.13. The predicted octanol–water partition coefficient (Wildman–Crippen LogP) is 6.12. The van der Waals surface area contributed by atoms with Crippen molar-refractivity contribution in [1.82, 2.24) is 8.96 Å². The quantitative estimate of drug-likeness (QED) is 0.305. The third-order valence-electron chi connectivity index (χ3n) is 5.52. The van der Waals surface area contributed by atoms with Crippen molar-refractivity contribution < 1.29 is 17.5 Å². The molecule has 0 atom stereocenters. The first-order valence-corrected chi connectivity index (χ1v) is 12.5. The first-order valence-electron chi connectivity index (χ1n) is 10.1. The SMILES string of the molecule is COc1cc(F)ccc1-c1cn(S(=O)(=O)c2ccc(C)cc2)c2nccc(-c3ccsc3)c12. The summed E-state index contributed by atoms with van der Waals surface area (Å²) >= 11 is 1.55. The van der Waals surface area contributed by atoms with Crippen molar-refractivity contribution in [2.24, 2.45) is 0 Å². The van der Waals surface area contributed by atoms with Gasteiger partial charge in [-0.3, -0.25) is 0 Å². The molecular weight excluding hydrogens is 459 g/mol. The first-order chi connectivity index (χ1) is 15.9.